The molecule has 0 unspecified atom stereocenters. The number of halogens is 1. The van der Waals surface area contributed by atoms with Crippen molar-refractivity contribution in [3.05, 3.63) is 77.6 Å². The summed E-state index contributed by atoms with van der Waals surface area (Å²) in [5, 5.41) is 10.9. The molecule has 1 heterocycles. The number of nitrogens with one attached hydrogen (secondary N) is 1. The van der Waals surface area contributed by atoms with E-state index < -0.39 is 0 Å². The maximum Gasteiger partial charge on any atom is 0.251 e. The summed E-state index contributed by atoms with van der Waals surface area (Å²) in [5.74, 6) is 0.0322. The van der Waals surface area contributed by atoms with Gasteiger partial charge in [0.2, 0.25) is 5.88 Å². The summed E-state index contributed by atoms with van der Waals surface area (Å²) in [6.45, 7) is 0.482. The predicted molar refractivity (Wildman–Crippen MR) is 96.5 cm³/mol. The van der Waals surface area contributed by atoms with E-state index in [0.717, 1.165) is 11.1 Å². The zero-order chi connectivity index (χ0) is 18.4. The van der Waals surface area contributed by atoms with Gasteiger partial charge in [0.25, 0.3) is 5.91 Å². The van der Waals surface area contributed by atoms with Gasteiger partial charge in [-0.2, -0.15) is 0 Å². The Morgan fingerprint density at radius 2 is 1.73 bits per heavy atom. The normalized spacial score (nSPS) is 10.4. The number of carbonyl (C=O) groups excluding carboxylic acids is 1. The van der Waals surface area contributed by atoms with Crippen molar-refractivity contribution in [2.24, 2.45) is 0 Å². The van der Waals surface area contributed by atoms with E-state index in [1.807, 2.05) is 18.2 Å². The standard InChI is InChI=1S/C20H18FN3O2/c1-26-19-11-10-18(23-24-19)15-4-6-16(7-5-15)20(25)22-13-12-14-2-8-17(21)9-3-14/h2-11H,12-13H2,1H3,(H,22,25). The van der Waals surface area contributed by atoms with Crippen molar-refractivity contribution < 1.29 is 13.9 Å². The Morgan fingerprint density at radius 3 is 2.35 bits per heavy atom. The molecule has 3 rings (SSSR count). The van der Waals surface area contributed by atoms with Gasteiger partial charge in [0, 0.05) is 23.7 Å². The number of amides is 1. The Balaban J connectivity index is 1.56. The molecule has 0 aliphatic rings. The van der Waals surface area contributed by atoms with Gasteiger partial charge in [-0.25, -0.2) is 4.39 Å². The Kier molecular flexibility index (Phi) is 5.53. The van der Waals surface area contributed by atoms with Gasteiger partial charge in [-0.1, -0.05) is 24.3 Å². The van der Waals surface area contributed by atoms with Crippen LogP contribution in [0.3, 0.4) is 0 Å². The molecule has 0 aliphatic heterocycles. The number of methoxy groups -OCH3 is 1. The minimum atomic E-state index is -0.264. The number of nitrogens with zero attached hydrogens (tertiary/aromatic N) is 2. The van der Waals surface area contributed by atoms with E-state index in [1.54, 1.807) is 30.3 Å². The highest BCUT2D eigenvalue weighted by molar-refractivity contribution is 5.94. The van der Waals surface area contributed by atoms with Gasteiger partial charge in [0.05, 0.1) is 12.8 Å². The minimum Gasteiger partial charge on any atom is -0.480 e. The van der Waals surface area contributed by atoms with E-state index in [0.29, 0.717) is 30.1 Å². The van der Waals surface area contributed by atoms with E-state index in [9.17, 15) is 9.18 Å². The maximum atomic E-state index is 12.9. The summed E-state index contributed by atoms with van der Waals surface area (Å²) in [6, 6.07) is 16.9. The van der Waals surface area contributed by atoms with E-state index in [4.69, 9.17) is 4.74 Å². The van der Waals surface area contributed by atoms with E-state index in [2.05, 4.69) is 15.5 Å². The molecular weight excluding hydrogens is 333 g/mol. The lowest BCUT2D eigenvalue weighted by Crippen LogP contribution is -2.25. The topological polar surface area (TPSA) is 64.1 Å². The summed E-state index contributed by atoms with van der Waals surface area (Å²) < 4.78 is 17.9. The molecule has 3 aromatic rings. The van der Waals surface area contributed by atoms with Crippen LogP contribution in [0.15, 0.2) is 60.7 Å². The fraction of sp³-hybridized carbons (Fsp3) is 0.150. The minimum absolute atomic E-state index is 0.153. The molecule has 0 atom stereocenters. The van der Waals surface area contributed by atoms with Crippen molar-refractivity contribution in [3.63, 3.8) is 0 Å². The highest BCUT2D eigenvalue weighted by atomic mass is 19.1. The Labute approximate surface area is 150 Å². The van der Waals surface area contributed by atoms with Gasteiger partial charge in [-0.05, 0) is 42.3 Å². The second-order valence-corrected chi connectivity index (χ2v) is 5.67. The van der Waals surface area contributed by atoms with Crippen LogP contribution in [0.2, 0.25) is 0 Å². The smallest absolute Gasteiger partial charge is 0.251 e. The van der Waals surface area contributed by atoms with Crippen LogP contribution >= 0.6 is 0 Å². The maximum absolute atomic E-state index is 12.9. The number of aromatic nitrogens is 2. The molecule has 0 saturated heterocycles. The molecule has 0 saturated carbocycles. The summed E-state index contributed by atoms with van der Waals surface area (Å²) in [7, 11) is 1.53. The van der Waals surface area contributed by atoms with Gasteiger partial charge in [0.15, 0.2) is 0 Å². The van der Waals surface area contributed by atoms with Crippen molar-refractivity contribution in [2.75, 3.05) is 13.7 Å². The molecule has 132 valence electrons. The number of ether oxygens (including phenoxy) is 1. The van der Waals surface area contributed by atoms with Gasteiger partial charge in [-0.15, -0.1) is 10.2 Å². The van der Waals surface area contributed by atoms with Crippen molar-refractivity contribution in [2.45, 2.75) is 6.42 Å². The predicted octanol–water partition coefficient (Wildman–Crippen LogP) is 3.26. The molecule has 0 aliphatic carbocycles. The zero-order valence-electron chi connectivity index (χ0n) is 14.3. The molecule has 6 heteroatoms. The number of carbonyl (C=O) groups is 1. The first-order valence-corrected chi connectivity index (χ1v) is 8.16. The van der Waals surface area contributed by atoms with Crippen LogP contribution in [0.25, 0.3) is 11.3 Å². The molecule has 0 radical (unpaired) electrons. The molecule has 0 spiro atoms. The van der Waals surface area contributed by atoms with Crippen LogP contribution in [0.5, 0.6) is 5.88 Å². The van der Waals surface area contributed by atoms with Crippen LogP contribution in [-0.4, -0.2) is 29.8 Å². The summed E-state index contributed by atoms with van der Waals surface area (Å²) >= 11 is 0. The molecular formula is C20H18FN3O2. The lowest BCUT2D eigenvalue weighted by Gasteiger charge is -2.07. The second-order valence-electron chi connectivity index (χ2n) is 5.67. The largest absolute Gasteiger partial charge is 0.480 e. The fourth-order valence-electron chi connectivity index (χ4n) is 2.45. The first kappa shape index (κ1) is 17.5. The molecule has 0 bridgehead atoms. The molecule has 1 amide bonds. The number of rotatable bonds is 6. The van der Waals surface area contributed by atoms with Crippen molar-refractivity contribution in [1.29, 1.82) is 0 Å². The van der Waals surface area contributed by atoms with Crippen molar-refractivity contribution in [1.82, 2.24) is 15.5 Å². The molecule has 1 N–H and O–H groups in total. The number of hydrogen-bond donors (Lipinski definition) is 1. The Bertz CT molecular complexity index is 863. The highest BCUT2D eigenvalue weighted by Crippen LogP contribution is 2.18. The third-order valence-corrected chi connectivity index (χ3v) is 3.90. The third kappa shape index (κ3) is 4.42. The lowest BCUT2D eigenvalue weighted by molar-refractivity contribution is 0.0954. The monoisotopic (exact) mass is 351 g/mol. The summed E-state index contributed by atoms with van der Waals surface area (Å²) in [4.78, 5) is 12.2. The first-order chi connectivity index (χ1) is 12.7. The number of benzene rings is 2. The zero-order valence-corrected chi connectivity index (χ0v) is 14.3. The highest BCUT2D eigenvalue weighted by Gasteiger charge is 2.07. The Hall–Kier alpha value is -3.28. The summed E-state index contributed by atoms with van der Waals surface area (Å²) in [5.41, 5.74) is 3.10. The first-order valence-electron chi connectivity index (χ1n) is 8.16. The average Bonchev–Trinajstić information content (AvgIpc) is 2.69. The van der Waals surface area contributed by atoms with Crippen LogP contribution < -0.4 is 10.1 Å². The van der Waals surface area contributed by atoms with Gasteiger partial charge in [0.1, 0.15) is 5.82 Å². The van der Waals surface area contributed by atoms with E-state index in [1.165, 1.54) is 19.2 Å². The molecule has 2 aromatic carbocycles. The van der Waals surface area contributed by atoms with Gasteiger partial charge >= 0.3 is 0 Å². The van der Waals surface area contributed by atoms with Gasteiger partial charge < -0.3 is 10.1 Å². The Morgan fingerprint density at radius 1 is 1.00 bits per heavy atom. The quantitative estimate of drug-likeness (QED) is 0.740. The average molecular weight is 351 g/mol. The van der Waals surface area contributed by atoms with E-state index >= 15 is 0 Å². The molecule has 1 aromatic heterocycles. The third-order valence-electron chi connectivity index (χ3n) is 3.90. The molecule has 5 nitrogen and oxygen atoms in total. The number of hydrogen-bond acceptors (Lipinski definition) is 4. The van der Waals surface area contributed by atoms with Crippen LogP contribution in [-0.2, 0) is 6.42 Å². The second kappa shape index (κ2) is 8.20. The van der Waals surface area contributed by atoms with Crippen molar-refractivity contribution in [3.8, 4) is 17.1 Å². The van der Waals surface area contributed by atoms with Crippen LogP contribution in [0.1, 0.15) is 15.9 Å². The molecule has 26 heavy (non-hydrogen) atoms. The lowest BCUT2D eigenvalue weighted by atomic mass is 10.1. The SMILES string of the molecule is COc1ccc(-c2ccc(C(=O)NCCc3ccc(F)cc3)cc2)nn1. The fourth-order valence-corrected chi connectivity index (χ4v) is 2.45. The van der Waals surface area contributed by atoms with Crippen molar-refractivity contribution >= 4 is 5.91 Å². The van der Waals surface area contributed by atoms with Crippen LogP contribution in [0.4, 0.5) is 4.39 Å². The molecule has 0 fully saturated rings. The van der Waals surface area contributed by atoms with Crippen LogP contribution in [0, 0.1) is 5.82 Å². The van der Waals surface area contributed by atoms with E-state index in [-0.39, 0.29) is 11.7 Å². The van der Waals surface area contributed by atoms with Gasteiger partial charge in [-0.3, -0.25) is 4.79 Å². The summed E-state index contributed by atoms with van der Waals surface area (Å²) in [6.07, 6.45) is 0.644.